The highest BCUT2D eigenvalue weighted by Gasteiger charge is 2.28. The van der Waals surface area contributed by atoms with Gasteiger partial charge in [-0.15, -0.1) is 0 Å². The summed E-state index contributed by atoms with van der Waals surface area (Å²) in [5.41, 5.74) is 0. The molecule has 0 saturated heterocycles. The third kappa shape index (κ3) is 5.29. The van der Waals surface area contributed by atoms with Crippen molar-refractivity contribution in [3.8, 4) is 0 Å². The zero-order chi connectivity index (χ0) is 13.1. The summed E-state index contributed by atoms with van der Waals surface area (Å²) in [4.78, 5) is 0.570. The van der Waals surface area contributed by atoms with Gasteiger partial charge in [0.25, 0.3) is 0 Å². The number of alkyl halides is 1. The van der Waals surface area contributed by atoms with Gasteiger partial charge < -0.3 is 0 Å². The Morgan fingerprint density at radius 2 is 1.94 bits per heavy atom. The third-order valence-corrected chi connectivity index (χ3v) is 7.07. The predicted octanol–water partition coefficient (Wildman–Crippen LogP) is 3.79. The fourth-order valence-corrected chi connectivity index (χ4v) is 4.10. The number of rotatable bonds is 5. The molecule has 0 aliphatic heterocycles. The molecule has 0 heterocycles. The lowest BCUT2D eigenvalue weighted by molar-refractivity contribution is 0.326. The van der Waals surface area contributed by atoms with Crippen molar-refractivity contribution >= 4 is 25.8 Å². The molecule has 1 aliphatic carbocycles. The van der Waals surface area contributed by atoms with E-state index in [-0.39, 0.29) is 5.25 Å². The molecule has 3 unspecified atom stereocenters. The lowest BCUT2D eigenvalue weighted by Gasteiger charge is -2.28. The molecular weight excluding hydrogens is 300 g/mol. The zero-order valence-electron chi connectivity index (χ0n) is 11.2. The van der Waals surface area contributed by atoms with E-state index < -0.39 is 9.84 Å². The van der Waals surface area contributed by atoms with Crippen LogP contribution in [0.15, 0.2) is 0 Å². The largest absolute Gasteiger partial charge is 0.229 e. The minimum Gasteiger partial charge on any atom is -0.229 e. The second kappa shape index (κ2) is 6.55. The summed E-state index contributed by atoms with van der Waals surface area (Å²) in [6.45, 7) is 4.44. The lowest BCUT2D eigenvalue weighted by Crippen LogP contribution is -2.27. The Kier molecular flexibility index (Phi) is 5.97. The van der Waals surface area contributed by atoms with Crippen molar-refractivity contribution in [2.24, 2.45) is 11.8 Å². The van der Waals surface area contributed by atoms with E-state index in [0.717, 1.165) is 19.3 Å². The van der Waals surface area contributed by atoms with Crippen LogP contribution < -0.4 is 0 Å². The van der Waals surface area contributed by atoms with Gasteiger partial charge in [0.1, 0.15) is 9.84 Å². The second-order valence-electron chi connectivity index (χ2n) is 5.82. The summed E-state index contributed by atoms with van der Waals surface area (Å²) in [7, 11) is -2.83. The van der Waals surface area contributed by atoms with Crippen molar-refractivity contribution in [3.05, 3.63) is 0 Å². The lowest BCUT2D eigenvalue weighted by atomic mass is 9.85. The van der Waals surface area contributed by atoms with Crippen molar-refractivity contribution in [2.75, 3.05) is 6.26 Å². The molecule has 1 aliphatic rings. The van der Waals surface area contributed by atoms with Gasteiger partial charge in [0, 0.05) is 11.1 Å². The zero-order valence-corrected chi connectivity index (χ0v) is 13.6. The summed E-state index contributed by atoms with van der Waals surface area (Å²) in [6, 6.07) is 0. The minimum atomic E-state index is -2.83. The Labute approximate surface area is 115 Å². The first-order chi connectivity index (χ1) is 7.80. The van der Waals surface area contributed by atoms with Crippen molar-refractivity contribution in [1.82, 2.24) is 0 Å². The summed E-state index contributed by atoms with van der Waals surface area (Å²) in [6.07, 6.45) is 7.77. The van der Waals surface area contributed by atoms with Gasteiger partial charge in [-0.1, -0.05) is 42.6 Å². The quantitative estimate of drug-likeness (QED) is 0.721. The van der Waals surface area contributed by atoms with Gasteiger partial charge in [-0.2, -0.15) is 0 Å². The second-order valence-corrected chi connectivity index (χ2v) is 9.32. The maximum absolute atomic E-state index is 11.6. The van der Waals surface area contributed by atoms with Crippen LogP contribution in [0.3, 0.4) is 0 Å². The van der Waals surface area contributed by atoms with E-state index in [2.05, 4.69) is 29.8 Å². The Morgan fingerprint density at radius 3 is 2.47 bits per heavy atom. The number of halogens is 1. The van der Waals surface area contributed by atoms with E-state index in [1.807, 2.05) is 0 Å². The first-order valence-electron chi connectivity index (χ1n) is 6.63. The van der Waals surface area contributed by atoms with Crippen LogP contribution in [0.4, 0.5) is 0 Å². The van der Waals surface area contributed by atoms with E-state index in [1.165, 1.54) is 25.5 Å². The van der Waals surface area contributed by atoms with Gasteiger partial charge in [-0.05, 0) is 37.5 Å². The first-order valence-corrected chi connectivity index (χ1v) is 9.50. The highest BCUT2D eigenvalue weighted by atomic mass is 79.9. The predicted molar refractivity (Wildman–Crippen MR) is 77.4 cm³/mol. The van der Waals surface area contributed by atoms with Crippen molar-refractivity contribution in [1.29, 1.82) is 0 Å². The van der Waals surface area contributed by atoms with Crippen LogP contribution in [-0.4, -0.2) is 24.8 Å². The van der Waals surface area contributed by atoms with Gasteiger partial charge in [0.05, 0.1) is 5.25 Å². The molecule has 102 valence electrons. The van der Waals surface area contributed by atoms with Gasteiger partial charge in [-0.25, -0.2) is 8.42 Å². The van der Waals surface area contributed by atoms with E-state index in [0.29, 0.717) is 16.7 Å². The van der Waals surface area contributed by atoms with Crippen molar-refractivity contribution < 1.29 is 8.42 Å². The average molecular weight is 325 g/mol. The van der Waals surface area contributed by atoms with E-state index in [9.17, 15) is 8.42 Å². The number of sulfone groups is 1. The molecule has 0 amide bonds. The molecule has 0 spiro atoms. The molecule has 0 bridgehead atoms. The van der Waals surface area contributed by atoms with Crippen LogP contribution in [0.25, 0.3) is 0 Å². The number of hydrogen-bond acceptors (Lipinski definition) is 2. The van der Waals surface area contributed by atoms with E-state index in [4.69, 9.17) is 0 Å². The maximum Gasteiger partial charge on any atom is 0.150 e. The van der Waals surface area contributed by atoms with E-state index in [1.54, 1.807) is 0 Å². The molecule has 4 heteroatoms. The Hall–Kier alpha value is 0.430. The molecule has 1 saturated carbocycles. The highest BCUT2D eigenvalue weighted by molar-refractivity contribution is 9.09. The smallest absolute Gasteiger partial charge is 0.150 e. The first kappa shape index (κ1) is 15.5. The van der Waals surface area contributed by atoms with Crippen LogP contribution in [-0.2, 0) is 9.84 Å². The molecule has 1 rings (SSSR count). The molecular formula is C13H25BrO2S. The van der Waals surface area contributed by atoms with Crippen LogP contribution in [0.1, 0.15) is 52.4 Å². The van der Waals surface area contributed by atoms with Crippen LogP contribution in [0, 0.1) is 11.8 Å². The molecule has 1 fully saturated rings. The van der Waals surface area contributed by atoms with Crippen molar-refractivity contribution in [3.63, 3.8) is 0 Å². The SMILES string of the molecule is CC(C)C(Br)CCC1CCCC(S(C)(=O)=O)C1. The number of hydrogen-bond donors (Lipinski definition) is 0. The van der Waals surface area contributed by atoms with Crippen molar-refractivity contribution in [2.45, 2.75) is 62.4 Å². The molecule has 0 aromatic rings. The standard InChI is InChI=1S/C13H25BrO2S/c1-10(2)13(14)8-7-11-5-4-6-12(9-11)17(3,15)16/h10-13H,4-9H2,1-3H3. The van der Waals surface area contributed by atoms with Gasteiger partial charge in [0.2, 0.25) is 0 Å². The topological polar surface area (TPSA) is 34.1 Å². The summed E-state index contributed by atoms with van der Waals surface area (Å²) in [5, 5.41) is -0.0749. The Balaban J connectivity index is 2.40. The Bertz CT molecular complexity index is 324. The van der Waals surface area contributed by atoms with Crippen LogP contribution in [0.5, 0.6) is 0 Å². The van der Waals surface area contributed by atoms with Gasteiger partial charge in [0.15, 0.2) is 0 Å². The molecule has 0 N–H and O–H groups in total. The molecule has 0 aromatic carbocycles. The third-order valence-electron chi connectivity index (χ3n) is 3.91. The molecule has 3 atom stereocenters. The Morgan fingerprint density at radius 1 is 1.29 bits per heavy atom. The normalized spacial score (nSPS) is 28.3. The van der Waals surface area contributed by atoms with E-state index >= 15 is 0 Å². The van der Waals surface area contributed by atoms with Gasteiger partial charge >= 0.3 is 0 Å². The summed E-state index contributed by atoms with van der Waals surface area (Å²) in [5.74, 6) is 1.27. The fraction of sp³-hybridized carbons (Fsp3) is 1.00. The molecule has 0 radical (unpaired) electrons. The minimum absolute atomic E-state index is 0.0749. The molecule has 2 nitrogen and oxygen atoms in total. The monoisotopic (exact) mass is 324 g/mol. The fourth-order valence-electron chi connectivity index (χ4n) is 2.62. The van der Waals surface area contributed by atoms with Crippen LogP contribution >= 0.6 is 15.9 Å². The molecule has 17 heavy (non-hydrogen) atoms. The summed E-state index contributed by atoms with van der Waals surface area (Å²) >= 11 is 3.71. The highest BCUT2D eigenvalue weighted by Crippen LogP contribution is 2.33. The van der Waals surface area contributed by atoms with Crippen LogP contribution in [0.2, 0.25) is 0 Å². The average Bonchev–Trinajstić information content (AvgIpc) is 2.25. The molecule has 0 aromatic heterocycles. The maximum atomic E-state index is 11.6. The summed E-state index contributed by atoms with van der Waals surface area (Å²) < 4.78 is 23.1. The van der Waals surface area contributed by atoms with Gasteiger partial charge in [-0.3, -0.25) is 0 Å².